The molecule has 1 saturated heterocycles. The second kappa shape index (κ2) is 9.79. The normalized spacial score (nSPS) is 16.3. The van der Waals surface area contributed by atoms with E-state index in [2.05, 4.69) is 9.97 Å². The summed E-state index contributed by atoms with van der Waals surface area (Å²) in [6.45, 7) is 5.83. The molecule has 0 spiro atoms. The number of aromatic nitrogens is 3. The molecule has 31 heavy (non-hydrogen) atoms. The molecule has 1 aliphatic rings. The SMILES string of the molecule is CCOCc1ccc(C(=O)N2CCCC[C@@H]2c2nc(C)ncc2-c2ccncc2)cc1. The molecule has 1 aliphatic heterocycles. The lowest BCUT2D eigenvalue weighted by atomic mass is 9.93. The Hall–Kier alpha value is -3.12. The summed E-state index contributed by atoms with van der Waals surface area (Å²) in [4.78, 5) is 28.8. The van der Waals surface area contributed by atoms with Crippen molar-refractivity contribution in [3.8, 4) is 11.1 Å². The summed E-state index contributed by atoms with van der Waals surface area (Å²) < 4.78 is 5.46. The molecule has 0 aliphatic carbocycles. The molecule has 6 heteroatoms. The zero-order valence-corrected chi connectivity index (χ0v) is 18.1. The fraction of sp³-hybridized carbons (Fsp3) is 0.360. The fourth-order valence-electron chi connectivity index (χ4n) is 4.08. The molecule has 0 N–H and O–H groups in total. The van der Waals surface area contributed by atoms with Crippen LogP contribution >= 0.6 is 0 Å². The van der Waals surface area contributed by atoms with Crippen molar-refractivity contribution in [2.45, 2.75) is 45.8 Å². The van der Waals surface area contributed by atoms with Gasteiger partial charge in [0.1, 0.15) is 5.82 Å². The maximum Gasteiger partial charge on any atom is 0.254 e. The Kier molecular flexibility index (Phi) is 6.67. The number of pyridine rings is 1. The minimum Gasteiger partial charge on any atom is -0.377 e. The van der Waals surface area contributed by atoms with Crippen molar-refractivity contribution in [2.75, 3.05) is 13.2 Å². The number of rotatable bonds is 6. The molecule has 3 aromatic rings. The first kappa shape index (κ1) is 21.1. The van der Waals surface area contributed by atoms with Crippen LogP contribution in [-0.2, 0) is 11.3 Å². The Balaban J connectivity index is 1.65. The number of ether oxygens (including phenoxy) is 1. The van der Waals surface area contributed by atoms with Gasteiger partial charge >= 0.3 is 0 Å². The largest absolute Gasteiger partial charge is 0.377 e. The zero-order valence-electron chi connectivity index (χ0n) is 18.1. The van der Waals surface area contributed by atoms with Gasteiger partial charge in [-0.05, 0) is 68.5 Å². The third-order valence-electron chi connectivity index (χ3n) is 5.68. The highest BCUT2D eigenvalue weighted by atomic mass is 16.5. The van der Waals surface area contributed by atoms with Gasteiger partial charge in [-0.3, -0.25) is 9.78 Å². The van der Waals surface area contributed by atoms with Gasteiger partial charge < -0.3 is 9.64 Å². The molecule has 1 aromatic carbocycles. The molecular weight excluding hydrogens is 388 g/mol. The van der Waals surface area contributed by atoms with Crippen LogP contribution in [0.15, 0.2) is 55.0 Å². The van der Waals surface area contributed by atoms with Gasteiger partial charge in [-0.15, -0.1) is 0 Å². The van der Waals surface area contributed by atoms with Gasteiger partial charge in [-0.25, -0.2) is 9.97 Å². The minimum atomic E-state index is -0.0748. The fourth-order valence-corrected chi connectivity index (χ4v) is 4.08. The van der Waals surface area contributed by atoms with Crippen molar-refractivity contribution in [1.29, 1.82) is 0 Å². The summed E-state index contributed by atoms with van der Waals surface area (Å²) in [6.07, 6.45) is 8.37. The van der Waals surface area contributed by atoms with E-state index in [4.69, 9.17) is 9.72 Å². The van der Waals surface area contributed by atoms with Crippen LogP contribution in [0.3, 0.4) is 0 Å². The van der Waals surface area contributed by atoms with Crippen LogP contribution in [0.25, 0.3) is 11.1 Å². The van der Waals surface area contributed by atoms with Crippen LogP contribution in [0, 0.1) is 6.92 Å². The number of benzene rings is 1. The van der Waals surface area contributed by atoms with E-state index in [1.807, 2.05) is 61.3 Å². The number of carbonyl (C=O) groups is 1. The van der Waals surface area contributed by atoms with E-state index in [1.165, 1.54) is 0 Å². The maximum absolute atomic E-state index is 13.5. The lowest BCUT2D eigenvalue weighted by Gasteiger charge is -2.36. The second-order valence-corrected chi connectivity index (χ2v) is 7.80. The van der Waals surface area contributed by atoms with E-state index in [0.717, 1.165) is 48.2 Å². The Morgan fingerprint density at radius 2 is 1.90 bits per heavy atom. The smallest absolute Gasteiger partial charge is 0.254 e. The topological polar surface area (TPSA) is 68.2 Å². The predicted molar refractivity (Wildman–Crippen MR) is 119 cm³/mol. The number of hydrogen-bond donors (Lipinski definition) is 0. The molecule has 160 valence electrons. The van der Waals surface area contributed by atoms with Crippen LogP contribution in [0.4, 0.5) is 0 Å². The first-order valence-electron chi connectivity index (χ1n) is 10.9. The van der Waals surface area contributed by atoms with Gasteiger partial charge in [-0.2, -0.15) is 0 Å². The van der Waals surface area contributed by atoms with Gasteiger partial charge in [0.2, 0.25) is 0 Å². The minimum absolute atomic E-state index is 0.0459. The number of hydrogen-bond acceptors (Lipinski definition) is 5. The molecule has 4 rings (SSSR count). The Morgan fingerprint density at radius 1 is 1.13 bits per heavy atom. The number of carbonyl (C=O) groups excluding carboxylic acids is 1. The van der Waals surface area contributed by atoms with E-state index in [-0.39, 0.29) is 11.9 Å². The summed E-state index contributed by atoms with van der Waals surface area (Å²) in [5, 5.41) is 0. The molecule has 0 bridgehead atoms. The summed E-state index contributed by atoms with van der Waals surface area (Å²) in [7, 11) is 0. The highest BCUT2D eigenvalue weighted by Crippen LogP contribution is 2.36. The summed E-state index contributed by atoms with van der Waals surface area (Å²) in [6, 6.07) is 11.6. The lowest BCUT2D eigenvalue weighted by molar-refractivity contribution is 0.0606. The highest BCUT2D eigenvalue weighted by Gasteiger charge is 2.31. The van der Waals surface area contributed by atoms with Crippen LogP contribution in [-0.4, -0.2) is 38.9 Å². The summed E-state index contributed by atoms with van der Waals surface area (Å²) in [5.74, 6) is 0.760. The van der Waals surface area contributed by atoms with Gasteiger partial charge in [0.05, 0.1) is 18.3 Å². The third kappa shape index (κ3) is 4.80. The molecule has 2 aromatic heterocycles. The number of likely N-dealkylation sites (tertiary alicyclic amines) is 1. The molecule has 0 unspecified atom stereocenters. The molecule has 3 heterocycles. The van der Waals surface area contributed by atoms with Gasteiger partial charge in [0, 0.05) is 42.9 Å². The second-order valence-electron chi connectivity index (χ2n) is 7.80. The predicted octanol–water partition coefficient (Wildman–Crippen LogP) is 4.75. The standard InChI is InChI=1S/C25H28N4O2/c1-3-31-17-19-7-9-21(10-8-19)25(30)29-15-5-4-6-23(29)24-22(16-27-18(2)28-24)20-11-13-26-14-12-20/h7-14,16,23H,3-6,15,17H2,1-2H3/t23-/m1/s1. The molecule has 1 amide bonds. The van der Waals surface area contributed by atoms with Crippen LogP contribution in [0.5, 0.6) is 0 Å². The van der Waals surface area contributed by atoms with Crippen LogP contribution in [0.2, 0.25) is 0 Å². The number of piperidine rings is 1. The highest BCUT2D eigenvalue weighted by molar-refractivity contribution is 5.94. The van der Waals surface area contributed by atoms with E-state index < -0.39 is 0 Å². The monoisotopic (exact) mass is 416 g/mol. The van der Waals surface area contributed by atoms with Crippen molar-refractivity contribution >= 4 is 5.91 Å². The lowest BCUT2D eigenvalue weighted by Crippen LogP contribution is -2.39. The van der Waals surface area contributed by atoms with Crippen LogP contribution < -0.4 is 0 Å². The van der Waals surface area contributed by atoms with Crippen molar-refractivity contribution in [1.82, 2.24) is 19.9 Å². The van der Waals surface area contributed by atoms with Gasteiger partial charge in [0.15, 0.2) is 0 Å². The summed E-state index contributed by atoms with van der Waals surface area (Å²) >= 11 is 0. The van der Waals surface area contributed by atoms with E-state index >= 15 is 0 Å². The van der Waals surface area contributed by atoms with Gasteiger partial charge in [0.25, 0.3) is 5.91 Å². The Morgan fingerprint density at radius 3 is 2.65 bits per heavy atom. The molecular formula is C25H28N4O2. The van der Waals surface area contributed by atoms with Crippen molar-refractivity contribution in [3.63, 3.8) is 0 Å². The molecule has 1 atom stereocenters. The van der Waals surface area contributed by atoms with E-state index in [9.17, 15) is 4.79 Å². The summed E-state index contributed by atoms with van der Waals surface area (Å²) in [5.41, 5.74) is 4.66. The molecule has 6 nitrogen and oxygen atoms in total. The van der Waals surface area contributed by atoms with Crippen molar-refractivity contribution in [2.24, 2.45) is 0 Å². The first-order chi connectivity index (χ1) is 15.2. The Labute approximate surface area is 183 Å². The number of aryl methyl sites for hydroxylation is 1. The Bertz CT molecular complexity index is 1020. The number of nitrogens with zero attached hydrogens (tertiary/aromatic N) is 4. The first-order valence-corrected chi connectivity index (χ1v) is 10.9. The van der Waals surface area contributed by atoms with Crippen LogP contribution in [0.1, 0.15) is 59.7 Å². The molecule has 0 saturated carbocycles. The third-order valence-corrected chi connectivity index (χ3v) is 5.68. The average molecular weight is 417 g/mol. The van der Waals surface area contributed by atoms with Gasteiger partial charge in [-0.1, -0.05) is 12.1 Å². The maximum atomic E-state index is 13.5. The average Bonchev–Trinajstić information content (AvgIpc) is 2.83. The van der Waals surface area contributed by atoms with E-state index in [1.54, 1.807) is 12.4 Å². The number of amides is 1. The molecule has 0 radical (unpaired) electrons. The zero-order chi connectivity index (χ0) is 21.6. The van der Waals surface area contributed by atoms with E-state index in [0.29, 0.717) is 24.6 Å². The molecule has 1 fully saturated rings. The van der Waals surface area contributed by atoms with Crippen molar-refractivity contribution in [3.05, 3.63) is 77.6 Å². The quantitative estimate of drug-likeness (QED) is 0.580. The van der Waals surface area contributed by atoms with Crippen molar-refractivity contribution < 1.29 is 9.53 Å².